The second kappa shape index (κ2) is 7.73. The van der Waals surface area contributed by atoms with Crippen LogP contribution in [-0.2, 0) is 9.59 Å². The summed E-state index contributed by atoms with van der Waals surface area (Å²) in [6.07, 6.45) is 5.13. The first kappa shape index (κ1) is 19.2. The SMILES string of the molecule is CC1=C(C#N)C(=O)N(C2CCCC2)C(=O)/C1=C/c1ccc(-c2cccc(Cl)c2)o1. The highest BCUT2D eigenvalue weighted by molar-refractivity contribution is 6.30. The highest BCUT2D eigenvalue weighted by Crippen LogP contribution is 2.34. The van der Waals surface area contributed by atoms with E-state index in [1.165, 1.54) is 4.90 Å². The first-order chi connectivity index (χ1) is 14.0. The van der Waals surface area contributed by atoms with Gasteiger partial charge in [-0.3, -0.25) is 14.5 Å². The second-order valence-electron chi connectivity index (χ2n) is 7.30. The molecule has 1 aromatic carbocycles. The van der Waals surface area contributed by atoms with Crippen molar-refractivity contribution in [3.05, 3.63) is 63.9 Å². The maximum Gasteiger partial charge on any atom is 0.271 e. The largest absolute Gasteiger partial charge is 0.457 e. The topological polar surface area (TPSA) is 74.3 Å². The Morgan fingerprint density at radius 1 is 1.17 bits per heavy atom. The molecule has 0 saturated heterocycles. The Labute approximate surface area is 173 Å². The zero-order chi connectivity index (χ0) is 20.5. The Bertz CT molecular complexity index is 1100. The summed E-state index contributed by atoms with van der Waals surface area (Å²) in [5.74, 6) is 0.242. The van der Waals surface area contributed by atoms with Crippen LogP contribution in [-0.4, -0.2) is 22.8 Å². The van der Waals surface area contributed by atoms with Crippen molar-refractivity contribution in [1.82, 2.24) is 4.90 Å². The van der Waals surface area contributed by atoms with Crippen molar-refractivity contribution in [3.8, 4) is 17.4 Å². The molecular formula is C23H19ClN2O3. The standard InChI is InChI=1S/C23H19ClN2O3/c1-14-19(12-18-9-10-21(29-18)15-5-4-6-16(24)11-15)22(27)26(17-7-2-3-8-17)23(28)20(14)13-25/h4-6,9-12,17H,2-3,7-8H2,1H3/b19-12+. The van der Waals surface area contributed by atoms with Crippen LogP contribution in [0.5, 0.6) is 0 Å². The third-order valence-electron chi connectivity index (χ3n) is 5.49. The lowest BCUT2D eigenvalue weighted by Gasteiger charge is -2.31. The number of amides is 2. The number of carbonyl (C=O) groups excluding carboxylic acids is 2. The van der Waals surface area contributed by atoms with Crippen LogP contribution in [0.2, 0.25) is 5.02 Å². The molecule has 1 aliphatic carbocycles. The minimum Gasteiger partial charge on any atom is -0.457 e. The first-order valence-corrected chi connectivity index (χ1v) is 9.94. The average molecular weight is 407 g/mol. The van der Waals surface area contributed by atoms with E-state index in [0.29, 0.717) is 27.7 Å². The number of furan rings is 1. The summed E-state index contributed by atoms with van der Waals surface area (Å²) in [5.41, 5.74) is 1.55. The normalized spacial score (nSPS) is 19.3. The summed E-state index contributed by atoms with van der Waals surface area (Å²) < 4.78 is 5.88. The van der Waals surface area contributed by atoms with E-state index in [1.807, 2.05) is 18.2 Å². The molecule has 0 spiro atoms. The number of benzene rings is 1. The minimum atomic E-state index is -0.488. The Balaban J connectivity index is 1.73. The van der Waals surface area contributed by atoms with Gasteiger partial charge in [-0.2, -0.15) is 5.26 Å². The van der Waals surface area contributed by atoms with E-state index in [1.54, 1.807) is 37.3 Å². The number of nitriles is 1. The summed E-state index contributed by atoms with van der Waals surface area (Å²) >= 11 is 6.05. The molecule has 1 aromatic heterocycles. The molecule has 2 aromatic rings. The van der Waals surface area contributed by atoms with Crippen molar-refractivity contribution in [2.75, 3.05) is 0 Å². The summed E-state index contributed by atoms with van der Waals surface area (Å²) in [7, 11) is 0. The number of halogens is 1. The summed E-state index contributed by atoms with van der Waals surface area (Å²) in [6.45, 7) is 1.63. The number of carbonyl (C=O) groups is 2. The van der Waals surface area contributed by atoms with Crippen LogP contribution < -0.4 is 0 Å². The molecule has 146 valence electrons. The van der Waals surface area contributed by atoms with Crippen LogP contribution in [0.1, 0.15) is 38.4 Å². The molecule has 29 heavy (non-hydrogen) atoms. The molecular weight excluding hydrogens is 388 g/mol. The molecule has 2 amide bonds. The van der Waals surface area contributed by atoms with Gasteiger partial charge in [0.05, 0.1) is 0 Å². The van der Waals surface area contributed by atoms with Gasteiger partial charge in [0.2, 0.25) is 0 Å². The van der Waals surface area contributed by atoms with Crippen molar-refractivity contribution in [2.45, 2.75) is 38.6 Å². The maximum atomic E-state index is 13.2. The highest BCUT2D eigenvalue weighted by Gasteiger charge is 2.40. The molecule has 0 unspecified atom stereocenters. The summed E-state index contributed by atoms with van der Waals surface area (Å²) in [4.78, 5) is 27.2. The molecule has 0 bridgehead atoms. The number of nitrogens with zero attached hydrogens (tertiary/aromatic N) is 2. The molecule has 4 rings (SSSR count). The summed E-state index contributed by atoms with van der Waals surface area (Å²) in [6, 6.07) is 12.7. The molecule has 1 saturated carbocycles. The number of imide groups is 1. The predicted molar refractivity (Wildman–Crippen MR) is 110 cm³/mol. The van der Waals surface area contributed by atoms with E-state index in [2.05, 4.69) is 0 Å². The first-order valence-electron chi connectivity index (χ1n) is 9.56. The second-order valence-corrected chi connectivity index (χ2v) is 7.74. The molecule has 0 atom stereocenters. The van der Waals surface area contributed by atoms with Gasteiger partial charge in [-0.1, -0.05) is 36.6 Å². The van der Waals surface area contributed by atoms with Crippen LogP contribution in [0.25, 0.3) is 17.4 Å². The smallest absolute Gasteiger partial charge is 0.271 e. The lowest BCUT2D eigenvalue weighted by molar-refractivity contribution is -0.143. The van der Waals surface area contributed by atoms with Crippen molar-refractivity contribution >= 4 is 29.5 Å². The third-order valence-corrected chi connectivity index (χ3v) is 5.72. The Hall–Kier alpha value is -3.10. The molecule has 6 heteroatoms. The fourth-order valence-corrected chi connectivity index (χ4v) is 4.15. The van der Waals surface area contributed by atoms with Crippen molar-refractivity contribution in [3.63, 3.8) is 0 Å². The Morgan fingerprint density at radius 3 is 2.62 bits per heavy atom. The maximum absolute atomic E-state index is 13.2. The van der Waals surface area contributed by atoms with Gasteiger partial charge in [-0.15, -0.1) is 0 Å². The molecule has 0 N–H and O–H groups in total. The van der Waals surface area contributed by atoms with Gasteiger partial charge in [0, 0.05) is 22.2 Å². The van der Waals surface area contributed by atoms with Gasteiger partial charge < -0.3 is 4.42 Å². The Morgan fingerprint density at radius 2 is 1.93 bits per heavy atom. The van der Waals surface area contributed by atoms with Gasteiger partial charge in [0.25, 0.3) is 11.8 Å². The molecule has 2 aliphatic rings. The van der Waals surface area contributed by atoms with E-state index in [4.69, 9.17) is 16.0 Å². The quantitative estimate of drug-likeness (QED) is 0.522. The zero-order valence-corrected chi connectivity index (χ0v) is 16.7. The van der Waals surface area contributed by atoms with Gasteiger partial charge in [-0.05, 0) is 55.7 Å². The molecule has 0 radical (unpaired) electrons. The van der Waals surface area contributed by atoms with Gasteiger partial charge >= 0.3 is 0 Å². The molecule has 1 aliphatic heterocycles. The lowest BCUT2D eigenvalue weighted by Crippen LogP contribution is -2.47. The van der Waals surface area contributed by atoms with E-state index in [0.717, 1.165) is 31.2 Å². The van der Waals surface area contributed by atoms with E-state index < -0.39 is 5.91 Å². The third kappa shape index (κ3) is 3.52. The fraction of sp³-hybridized carbons (Fsp3) is 0.261. The van der Waals surface area contributed by atoms with Gasteiger partial charge in [0.1, 0.15) is 23.2 Å². The molecule has 1 fully saturated rings. The predicted octanol–water partition coefficient (Wildman–Crippen LogP) is 5.13. The van der Waals surface area contributed by atoms with Crippen LogP contribution in [0, 0.1) is 11.3 Å². The number of hydrogen-bond acceptors (Lipinski definition) is 4. The van der Waals surface area contributed by atoms with Crippen LogP contribution in [0.15, 0.2) is 57.5 Å². The van der Waals surface area contributed by atoms with E-state index in [-0.39, 0.29) is 17.5 Å². The lowest BCUT2D eigenvalue weighted by atomic mass is 9.93. The van der Waals surface area contributed by atoms with Crippen molar-refractivity contribution in [1.29, 1.82) is 5.26 Å². The summed E-state index contributed by atoms with van der Waals surface area (Å²) in [5, 5.41) is 10.1. The van der Waals surface area contributed by atoms with Crippen LogP contribution >= 0.6 is 11.6 Å². The average Bonchev–Trinajstić information content (AvgIpc) is 3.38. The number of hydrogen-bond donors (Lipinski definition) is 0. The van der Waals surface area contributed by atoms with Crippen molar-refractivity contribution < 1.29 is 14.0 Å². The van der Waals surface area contributed by atoms with E-state index >= 15 is 0 Å². The molecule has 2 heterocycles. The van der Waals surface area contributed by atoms with Crippen LogP contribution in [0.4, 0.5) is 0 Å². The van der Waals surface area contributed by atoms with Crippen molar-refractivity contribution in [2.24, 2.45) is 0 Å². The monoisotopic (exact) mass is 406 g/mol. The zero-order valence-electron chi connectivity index (χ0n) is 15.9. The van der Waals surface area contributed by atoms with Gasteiger partial charge in [0.15, 0.2) is 0 Å². The number of rotatable bonds is 3. The van der Waals surface area contributed by atoms with E-state index in [9.17, 15) is 14.9 Å². The fourth-order valence-electron chi connectivity index (χ4n) is 3.96. The highest BCUT2D eigenvalue weighted by atomic mass is 35.5. The van der Waals surface area contributed by atoms with Crippen LogP contribution in [0.3, 0.4) is 0 Å². The minimum absolute atomic E-state index is 0.0179. The molecule has 5 nitrogen and oxygen atoms in total. The van der Waals surface area contributed by atoms with Gasteiger partial charge in [-0.25, -0.2) is 0 Å². The Kier molecular flexibility index (Phi) is 5.12.